The van der Waals surface area contributed by atoms with E-state index in [4.69, 9.17) is 10.2 Å². The van der Waals surface area contributed by atoms with Gasteiger partial charge in [-0.15, -0.1) is 0 Å². The van der Waals surface area contributed by atoms with Crippen molar-refractivity contribution in [2.24, 2.45) is 0 Å². The van der Waals surface area contributed by atoms with Gasteiger partial charge in [0.05, 0.1) is 0 Å². The van der Waals surface area contributed by atoms with Crippen molar-refractivity contribution in [2.75, 3.05) is 0 Å². The molecule has 60 valence electrons. The zero-order valence-electron chi connectivity index (χ0n) is 5.50. The molecule has 0 radical (unpaired) electrons. The molecule has 0 aliphatic heterocycles. The van der Waals surface area contributed by atoms with Crippen LogP contribution in [0.2, 0.25) is 0 Å². The number of hydrogen-bond acceptors (Lipinski definition) is 2. The summed E-state index contributed by atoms with van der Waals surface area (Å²) in [5, 5.41) is 16.4. The van der Waals surface area contributed by atoms with Crippen molar-refractivity contribution < 1.29 is 19.8 Å². The van der Waals surface area contributed by atoms with Crippen molar-refractivity contribution in [3.05, 3.63) is 11.6 Å². The summed E-state index contributed by atoms with van der Waals surface area (Å²) in [6.45, 7) is 1.59. The molecule has 2 N–H and O–H groups in total. The van der Waals surface area contributed by atoms with E-state index in [2.05, 4.69) is 0 Å². The average Bonchev–Trinajstić information content (AvgIpc) is 1.81. The van der Waals surface area contributed by atoms with Crippen LogP contribution >= 0.6 is 0 Å². The molecule has 0 atom stereocenters. The van der Waals surface area contributed by atoms with Gasteiger partial charge in [-0.1, -0.05) is 6.92 Å². The maximum atomic E-state index is 10.1. The lowest BCUT2D eigenvalue weighted by Gasteiger charge is -1.92. The van der Waals surface area contributed by atoms with Crippen molar-refractivity contribution in [3.63, 3.8) is 0 Å². The highest BCUT2D eigenvalue weighted by atomic mass is 24.3. The molecule has 0 spiro atoms. The normalized spacial score (nSPS) is 10.1. The van der Waals surface area contributed by atoms with Gasteiger partial charge >= 0.3 is 35.0 Å². The first kappa shape index (κ1) is 13.1. The zero-order valence-corrected chi connectivity index (χ0v) is 5.50. The molecular weight excluding hydrogens is 160 g/mol. The summed E-state index contributed by atoms with van der Waals surface area (Å²) in [6.07, 6.45) is 0.921. The van der Waals surface area contributed by atoms with Gasteiger partial charge in [-0.25, -0.2) is 9.59 Å². The van der Waals surface area contributed by atoms with Crippen LogP contribution in [0.1, 0.15) is 13.3 Å². The quantitative estimate of drug-likeness (QED) is 0.445. The standard InChI is InChI=1S/C6H8O4.Mg.2H/c1-2-4(6(9)10)3-5(7)8;;;/h3H,2H2,1H3,(H,7,8)(H,9,10);;;/b4-3+;;;. The second-order valence-corrected chi connectivity index (χ2v) is 1.67. The fourth-order valence-electron chi connectivity index (χ4n) is 0.464. The summed E-state index contributed by atoms with van der Waals surface area (Å²) in [4.78, 5) is 20.1. The SMILES string of the molecule is CC/C(=C\C(=O)O)C(=O)O.[MgH2]. The van der Waals surface area contributed by atoms with E-state index in [1.165, 1.54) is 0 Å². The molecule has 0 unspecified atom stereocenters. The Morgan fingerprint density at radius 3 is 1.91 bits per heavy atom. The van der Waals surface area contributed by atoms with Gasteiger partial charge in [-0.2, -0.15) is 0 Å². The third-order valence-electron chi connectivity index (χ3n) is 0.953. The van der Waals surface area contributed by atoms with E-state index >= 15 is 0 Å². The van der Waals surface area contributed by atoms with Crippen LogP contribution in [0.25, 0.3) is 0 Å². The van der Waals surface area contributed by atoms with Crippen LogP contribution in [0.15, 0.2) is 11.6 Å². The minimum absolute atomic E-state index is 0. The third-order valence-corrected chi connectivity index (χ3v) is 0.953. The molecule has 0 saturated carbocycles. The summed E-state index contributed by atoms with van der Waals surface area (Å²) in [6, 6.07) is 0. The van der Waals surface area contributed by atoms with Crippen LogP contribution in [-0.4, -0.2) is 45.2 Å². The van der Waals surface area contributed by atoms with E-state index < -0.39 is 11.9 Å². The van der Waals surface area contributed by atoms with Crippen molar-refractivity contribution in [1.29, 1.82) is 0 Å². The van der Waals surface area contributed by atoms with E-state index in [-0.39, 0.29) is 35.0 Å². The van der Waals surface area contributed by atoms with Crippen LogP contribution < -0.4 is 0 Å². The van der Waals surface area contributed by atoms with Crippen LogP contribution in [0.3, 0.4) is 0 Å². The highest BCUT2D eigenvalue weighted by molar-refractivity contribution is 5.94. The largest absolute Gasteiger partial charge is 0.478 e. The predicted molar refractivity (Wildman–Crippen MR) is 42.2 cm³/mol. The fraction of sp³-hybridized carbons (Fsp3) is 0.333. The molecular formula is C6H10MgO4. The van der Waals surface area contributed by atoms with Gasteiger partial charge in [0.2, 0.25) is 0 Å². The summed E-state index contributed by atoms with van der Waals surface area (Å²) in [5.74, 6) is -2.40. The Morgan fingerprint density at radius 2 is 1.82 bits per heavy atom. The number of carbonyl (C=O) groups is 2. The second-order valence-electron chi connectivity index (χ2n) is 1.67. The van der Waals surface area contributed by atoms with Crippen LogP contribution in [-0.2, 0) is 9.59 Å². The molecule has 0 fully saturated rings. The van der Waals surface area contributed by atoms with E-state index in [0.29, 0.717) is 6.08 Å². The molecule has 0 aliphatic rings. The van der Waals surface area contributed by atoms with Gasteiger partial charge < -0.3 is 10.2 Å². The lowest BCUT2D eigenvalue weighted by atomic mass is 10.2. The molecule has 0 rings (SSSR count). The van der Waals surface area contributed by atoms with Crippen molar-refractivity contribution in [1.82, 2.24) is 0 Å². The first-order valence-corrected chi connectivity index (χ1v) is 2.74. The van der Waals surface area contributed by atoms with E-state index in [1.54, 1.807) is 6.92 Å². The minimum Gasteiger partial charge on any atom is -0.478 e. The summed E-state index contributed by atoms with van der Waals surface area (Å²) in [5.41, 5.74) is -0.0903. The summed E-state index contributed by atoms with van der Waals surface area (Å²) in [7, 11) is 0. The van der Waals surface area contributed by atoms with Crippen molar-refractivity contribution >= 4 is 35.0 Å². The molecule has 0 amide bonds. The molecule has 0 aromatic rings. The first-order chi connectivity index (χ1) is 4.57. The average molecular weight is 170 g/mol. The number of carboxylic acids is 2. The second kappa shape index (κ2) is 6.18. The van der Waals surface area contributed by atoms with Crippen LogP contribution in [0.4, 0.5) is 0 Å². The first-order valence-electron chi connectivity index (χ1n) is 2.74. The van der Waals surface area contributed by atoms with E-state index in [1.807, 2.05) is 0 Å². The Morgan fingerprint density at radius 1 is 1.36 bits per heavy atom. The highest BCUT2D eigenvalue weighted by Gasteiger charge is 2.05. The lowest BCUT2D eigenvalue weighted by molar-refractivity contribution is -0.135. The molecule has 4 nitrogen and oxygen atoms in total. The number of aliphatic carboxylic acids is 2. The van der Waals surface area contributed by atoms with Crippen molar-refractivity contribution in [2.45, 2.75) is 13.3 Å². The Labute approximate surface area is 80.1 Å². The van der Waals surface area contributed by atoms with Gasteiger partial charge in [0.15, 0.2) is 0 Å². The summed E-state index contributed by atoms with van der Waals surface area (Å²) < 4.78 is 0. The van der Waals surface area contributed by atoms with Crippen LogP contribution in [0, 0.1) is 0 Å². The van der Waals surface area contributed by atoms with Gasteiger partial charge in [0.25, 0.3) is 0 Å². The van der Waals surface area contributed by atoms with E-state index in [9.17, 15) is 9.59 Å². The molecule has 0 saturated heterocycles. The molecule has 0 aromatic carbocycles. The van der Waals surface area contributed by atoms with Crippen LogP contribution in [0.5, 0.6) is 0 Å². The maximum absolute atomic E-state index is 10.1. The summed E-state index contributed by atoms with van der Waals surface area (Å²) >= 11 is 0. The molecule has 0 aliphatic carbocycles. The van der Waals surface area contributed by atoms with Gasteiger partial charge in [0, 0.05) is 11.6 Å². The Hall–Kier alpha value is -0.554. The molecule has 11 heavy (non-hydrogen) atoms. The fourth-order valence-corrected chi connectivity index (χ4v) is 0.464. The smallest absolute Gasteiger partial charge is 0.331 e. The van der Waals surface area contributed by atoms with Crippen molar-refractivity contribution in [3.8, 4) is 0 Å². The molecule has 0 bridgehead atoms. The zero-order chi connectivity index (χ0) is 8.15. The van der Waals surface area contributed by atoms with E-state index in [0.717, 1.165) is 0 Å². The van der Waals surface area contributed by atoms with Gasteiger partial charge in [-0.3, -0.25) is 0 Å². The van der Waals surface area contributed by atoms with Gasteiger partial charge in [0.1, 0.15) is 0 Å². The lowest BCUT2D eigenvalue weighted by Crippen LogP contribution is -2.02. The molecule has 5 heteroatoms. The topological polar surface area (TPSA) is 74.6 Å². The Kier molecular flexibility index (Phi) is 7.34. The molecule has 0 aromatic heterocycles. The van der Waals surface area contributed by atoms with Gasteiger partial charge in [-0.05, 0) is 6.42 Å². The molecule has 0 heterocycles. The highest BCUT2D eigenvalue weighted by Crippen LogP contribution is 1.98. The maximum Gasteiger partial charge on any atom is 0.331 e. The number of rotatable bonds is 3. The third kappa shape index (κ3) is 5.87. The Bertz CT molecular complexity index is 185. The predicted octanol–water partition coefficient (Wildman–Crippen LogP) is -0.424. The number of hydrogen-bond donors (Lipinski definition) is 2. The minimum atomic E-state index is -1.22. The Balaban J connectivity index is 0. The monoisotopic (exact) mass is 170 g/mol. The number of carboxylic acid groups (broad SMARTS) is 2.